The van der Waals surface area contributed by atoms with Crippen molar-refractivity contribution in [1.82, 2.24) is 20.5 Å². The van der Waals surface area contributed by atoms with Crippen LogP contribution in [0.5, 0.6) is 5.75 Å². The molecule has 3 aromatic rings. The fourth-order valence-electron chi connectivity index (χ4n) is 2.43. The summed E-state index contributed by atoms with van der Waals surface area (Å²) in [5.41, 5.74) is 1.60. The third kappa shape index (κ3) is 4.33. The highest BCUT2D eigenvalue weighted by Crippen LogP contribution is 2.27. The number of aromatic hydroxyl groups is 1. The number of nitrogens with one attached hydrogen (secondary N) is 2. The molecule has 0 saturated carbocycles. The zero-order valence-electron chi connectivity index (χ0n) is 14.5. The zero-order chi connectivity index (χ0) is 20.3. The van der Waals surface area contributed by atoms with E-state index in [0.29, 0.717) is 27.8 Å². The summed E-state index contributed by atoms with van der Waals surface area (Å²) < 4.78 is 0. The first-order valence-electron chi connectivity index (χ1n) is 7.95. The number of pyridine rings is 1. The lowest BCUT2D eigenvalue weighted by molar-refractivity contribution is 0.0940. The molecule has 0 atom stereocenters. The number of anilines is 2. The van der Waals surface area contributed by atoms with Gasteiger partial charge in [0.05, 0.1) is 5.69 Å². The molecular formula is C18H14ClN5O4. The lowest BCUT2D eigenvalue weighted by atomic mass is 10.1. The van der Waals surface area contributed by atoms with Crippen LogP contribution in [0.15, 0.2) is 42.5 Å². The van der Waals surface area contributed by atoms with Crippen LogP contribution >= 0.6 is 11.6 Å². The van der Waals surface area contributed by atoms with Crippen LogP contribution in [-0.4, -0.2) is 37.4 Å². The van der Waals surface area contributed by atoms with Gasteiger partial charge in [-0.15, -0.1) is 10.2 Å². The highest BCUT2D eigenvalue weighted by Gasteiger charge is 2.19. The molecule has 2 heterocycles. The molecule has 0 spiro atoms. The maximum atomic E-state index is 11.8. The molecule has 0 aliphatic rings. The van der Waals surface area contributed by atoms with E-state index >= 15 is 0 Å². The SMILES string of the molecule is Cc1nc(C(=O)NC(=O)O)c(O)cc1-c1ccc(Nc2cccc(Cl)c2)nn1. The molecule has 1 aromatic carbocycles. The average molecular weight is 400 g/mol. The Labute approximate surface area is 164 Å². The van der Waals surface area contributed by atoms with Crippen molar-refractivity contribution in [3.8, 4) is 17.0 Å². The molecule has 2 aromatic heterocycles. The van der Waals surface area contributed by atoms with Crippen LogP contribution in [0, 0.1) is 6.92 Å². The number of hydrogen-bond donors (Lipinski definition) is 4. The fourth-order valence-corrected chi connectivity index (χ4v) is 2.62. The zero-order valence-corrected chi connectivity index (χ0v) is 15.2. The first-order valence-corrected chi connectivity index (χ1v) is 8.33. The van der Waals surface area contributed by atoms with Crippen molar-refractivity contribution in [1.29, 1.82) is 0 Å². The molecule has 9 nitrogen and oxygen atoms in total. The van der Waals surface area contributed by atoms with Gasteiger partial charge in [0.1, 0.15) is 5.75 Å². The van der Waals surface area contributed by atoms with Gasteiger partial charge in [-0.25, -0.2) is 9.78 Å². The Morgan fingerprint density at radius 3 is 2.54 bits per heavy atom. The van der Waals surface area contributed by atoms with Crippen LogP contribution in [0.25, 0.3) is 11.3 Å². The lowest BCUT2D eigenvalue weighted by Crippen LogP contribution is -2.29. The number of carbonyl (C=O) groups excluding carboxylic acids is 1. The molecule has 0 aliphatic carbocycles. The van der Waals surface area contributed by atoms with Crippen molar-refractivity contribution in [3.63, 3.8) is 0 Å². The maximum Gasteiger partial charge on any atom is 0.411 e. The topological polar surface area (TPSA) is 137 Å². The molecular weight excluding hydrogens is 386 g/mol. The number of rotatable bonds is 4. The fraction of sp³-hybridized carbons (Fsp3) is 0.0556. The van der Waals surface area contributed by atoms with Gasteiger partial charge in [-0.3, -0.25) is 10.1 Å². The Balaban J connectivity index is 1.84. The molecule has 0 radical (unpaired) electrons. The molecule has 0 saturated heterocycles. The average Bonchev–Trinajstić information content (AvgIpc) is 2.63. The number of carboxylic acid groups (broad SMARTS) is 1. The summed E-state index contributed by atoms with van der Waals surface area (Å²) >= 11 is 5.94. The van der Waals surface area contributed by atoms with Crippen molar-refractivity contribution in [2.75, 3.05) is 5.32 Å². The summed E-state index contributed by atoms with van der Waals surface area (Å²) in [5.74, 6) is -1.01. The minimum atomic E-state index is -1.54. The smallest absolute Gasteiger partial charge is 0.411 e. The minimum absolute atomic E-state index is 0.373. The molecule has 0 aliphatic heterocycles. The first-order chi connectivity index (χ1) is 13.3. The van der Waals surface area contributed by atoms with E-state index in [9.17, 15) is 14.7 Å². The van der Waals surface area contributed by atoms with Crippen LogP contribution in [-0.2, 0) is 0 Å². The molecule has 3 rings (SSSR count). The van der Waals surface area contributed by atoms with Crippen molar-refractivity contribution >= 4 is 35.1 Å². The highest BCUT2D eigenvalue weighted by atomic mass is 35.5. The van der Waals surface area contributed by atoms with Crippen LogP contribution in [0.2, 0.25) is 5.02 Å². The number of aryl methyl sites for hydroxylation is 1. The number of imide groups is 1. The molecule has 28 heavy (non-hydrogen) atoms. The van der Waals surface area contributed by atoms with Gasteiger partial charge in [0.15, 0.2) is 11.5 Å². The number of benzene rings is 1. The van der Waals surface area contributed by atoms with Gasteiger partial charge in [-0.05, 0) is 43.3 Å². The van der Waals surface area contributed by atoms with Crippen molar-refractivity contribution in [2.24, 2.45) is 0 Å². The second-order valence-corrected chi connectivity index (χ2v) is 6.12. The molecule has 0 fully saturated rings. The van der Waals surface area contributed by atoms with E-state index in [-0.39, 0.29) is 0 Å². The highest BCUT2D eigenvalue weighted by molar-refractivity contribution is 6.30. The summed E-state index contributed by atoms with van der Waals surface area (Å²) in [6.45, 7) is 1.60. The Bertz CT molecular complexity index is 1060. The summed E-state index contributed by atoms with van der Waals surface area (Å²) in [4.78, 5) is 26.3. The molecule has 2 amide bonds. The van der Waals surface area contributed by atoms with E-state index in [2.05, 4.69) is 20.5 Å². The van der Waals surface area contributed by atoms with Gasteiger partial charge < -0.3 is 15.5 Å². The van der Waals surface area contributed by atoms with Crippen LogP contribution in [0.1, 0.15) is 16.2 Å². The quantitative estimate of drug-likeness (QED) is 0.524. The van der Waals surface area contributed by atoms with E-state index in [1.807, 2.05) is 6.07 Å². The number of halogens is 1. The van der Waals surface area contributed by atoms with E-state index in [1.54, 1.807) is 42.6 Å². The number of carbonyl (C=O) groups is 2. The van der Waals surface area contributed by atoms with Crippen molar-refractivity contribution < 1.29 is 19.8 Å². The molecule has 142 valence electrons. The number of nitrogens with zero attached hydrogens (tertiary/aromatic N) is 3. The van der Waals surface area contributed by atoms with E-state index in [1.165, 1.54) is 6.07 Å². The summed E-state index contributed by atoms with van der Waals surface area (Å²) in [6.07, 6.45) is -1.54. The Morgan fingerprint density at radius 2 is 1.89 bits per heavy atom. The number of amides is 2. The van der Waals surface area contributed by atoms with Crippen molar-refractivity contribution in [3.05, 3.63) is 58.9 Å². The number of hydrogen-bond acceptors (Lipinski definition) is 7. The van der Waals surface area contributed by atoms with E-state index < -0.39 is 23.4 Å². The van der Waals surface area contributed by atoms with Gasteiger partial charge in [-0.1, -0.05) is 17.7 Å². The van der Waals surface area contributed by atoms with E-state index in [0.717, 1.165) is 5.69 Å². The maximum absolute atomic E-state index is 11.8. The normalized spacial score (nSPS) is 10.4. The van der Waals surface area contributed by atoms with Gasteiger partial charge in [0, 0.05) is 22.0 Å². The second kappa shape index (κ2) is 7.89. The summed E-state index contributed by atoms with van der Waals surface area (Å²) in [5, 5.41) is 32.1. The van der Waals surface area contributed by atoms with Gasteiger partial charge >= 0.3 is 6.09 Å². The van der Waals surface area contributed by atoms with Gasteiger partial charge in [-0.2, -0.15) is 0 Å². The van der Waals surface area contributed by atoms with Gasteiger partial charge in [0.2, 0.25) is 0 Å². The third-order valence-corrected chi connectivity index (χ3v) is 3.90. The first kappa shape index (κ1) is 19.1. The monoisotopic (exact) mass is 399 g/mol. The predicted octanol–water partition coefficient (Wildman–Crippen LogP) is 3.36. The lowest BCUT2D eigenvalue weighted by Gasteiger charge is -2.10. The molecule has 0 unspecified atom stereocenters. The van der Waals surface area contributed by atoms with Crippen LogP contribution in [0.4, 0.5) is 16.3 Å². The number of aromatic nitrogens is 3. The summed E-state index contributed by atoms with van der Waals surface area (Å²) in [6, 6.07) is 11.8. The third-order valence-electron chi connectivity index (χ3n) is 3.67. The standard InChI is InChI=1S/C18H14ClN5O4/c1-9-12(8-14(25)16(20-9)17(26)22-18(27)28)13-5-6-15(24-23-13)21-11-4-2-3-10(19)7-11/h2-8,25H,1H3,(H,21,24)(H,22,26)(H,27,28). The van der Waals surface area contributed by atoms with Crippen LogP contribution < -0.4 is 10.6 Å². The van der Waals surface area contributed by atoms with E-state index in [4.69, 9.17) is 16.7 Å². The molecule has 0 bridgehead atoms. The predicted molar refractivity (Wildman–Crippen MR) is 102 cm³/mol. The minimum Gasteiger partial charge on any atom is -0.505 e. The Kier molecular flexibility index (Phi) is 5.37. The van der Waals surface area contributed by atoms with Crippen molar-refractivity contribution in [2.45, 2.75) is 6.92 Å². The Hall–Kier alpha value is -3.72. The van der Waals surface area contributed by atoms with Gasteiger partial charge in [0.25, 0.3) is 5.91 Å². The second-order valence-electron chi connectivity index (χ2n) is 5.69. The van der Waals surface area contributed by atoms with Crippen LogP contribution in [0.3, 0.4) is 0 Å². The largest absolute Gasteiger partial charge is 0.505 e. The molecule has 4 N–H and O–H groups in total. The Morgan fingerprint density at radius 1 is 1.11 bits per heavy atom. The molecule has 10 heteroatoms. The summed E-state index contributed by atoms with van der Waals surface area (Å²) in [7, 11) is 0.